The van der Waals surface area contributed by atoms with Crippen LogP contribution in [-0.2, 0) is 23.7 Å². The topological polar surface area (TPSA) is 274 Å². The number of rotatable bonds is 7. The molecule has 3 saturated heterocycles. The number of ether oxygens (including phenoxy) is 5. The standard InChI is InChI=1S/C18H33NO15/c19-7-10(25)14(6(3-22)30-16(7)29)33-18-13(28)15(9(24)5(2-21)32-18)34-17-12(27)11(26)8(23)4(1-20)31-17/h4-18,20-29H,1-3,19H2/t4-,5-,6-,7-,8-,9-,10-,11+,12+,13+,14-,15+,16?,17-,18-/m1/s1. The lowest BCUT2D eigenvalue weighted by Gasteiger charge is -2.48. The molecule has 0 aromatic heterocycles. The summed E-state index contributed by atoms with van der Waals surface area (Å²) in [5, 5.41) is 99.9. The fourth-order valence-corrected chi connectivity index (χ4v) is 4.09. The number of aliphatic hydroxyl groups excluding tert-OH is 10. The zero-order valence-electron chi connectivity index (χ0n) is 17.9. The summed E-state index contributed by atoms with van der Waals surface area (Å²) in [5.41, 5.74) is 5.66. The molecule has 12 N–H and O–H groups in total. The van der Waals surface area contributed by atoms with Crippen LogP contribution in [0.15, 0.2) is 0 Å². The van der Waals surface area contributed by atoms with E-state index in [2.05, 4.69) is 0 Å². The summed E-state index contributed by atoms with van der Waals surface area (Å²) in [5.74, 6) is 0. The maximum Gasteiger partial charge on any atom is 0.187 e. The third kappa shape index (κ3) is 5.37. The molecule has 0 bridgehead atoms. The highest BCUT2D eigenvalue weighted by Gasteiger charge is 2.53. The predicted octanol–water partition coefficient (Wildman–Crippen LogP) is -7.61. The first-order valence-corrected chi connectivity index (χ1v) is 10.7. The minimum Gasteiger partial charge on any atom is -0.394 e. The van der Waals surface area contributed by atoms with Gasteiger partial charge >= 0.3 is 0 Å². The van der Waals surface area contributed by atoms with Gasteiger partial charge in [-0.25, -0.2) is 0 Å². The zero-order chi connectivity index (χ0) is 25.3. The molecule has 34 heavy (non-hydrogen) atoms. The Hall–Kier alpha value is -0.640. The van der Waals surface area contributed by atoms with Gasteiger partial charge in [-0.3, -0.25) is 0 Å². The van der Waals surface area contributed by atoms with Crippen LogP contribution in [0.25, 0.3) is 0 Å². The van der Waals surface area contributed by atoms with Crippen molar-refractivity contribution in [2.75, 3.05) is 19.8 Å². The molecule has 200 valence electrons. The Morgan fingerprint density at radius 2 is 1.03 bits per heavy atom. The number of hydrogen-bond acceptors (Lipinski definition) is 16. The van der Waals surface area contributed by atoms with Crippen molar-refractivity contribution in [3.05, 3.63) is 0 Å². The van der Waals surface area contributed by atoms with Crippen molar-refractivity contribution in [1.29, 1.82) is 0 Å². The smallest absolute Gasteiger partial charge is 0.187 e. The predicted molar refractivity (Wildman–Crippen MR) is 103 cm³/mol. The third-order valence-corrected chi connectivity index (χ3v) is 6.17. The number of aliphatic hydroxyl groups is 10. The first-order valence-electron chi connectivity index (χ1n) is 10.7. The Morgan fingerprint density at radius 3 is 1.59 bits per heavy atom. The molecule has 16 nitrogen and oxygen atoms in total. The van der Waals surface area contributed by atoms with Gasteiger partial charge in [-0.15, -0.1) is 0 Å². The number of hydrogen-bond donors (Lipinski definition) is 11. The van der Waals surface area contributed by atoms with E-state index < -0.39 is 112 Å². The third-order valence-electron chi connectivity index (χ3n) is 6.17. The van der Waals surface area contributed by atoms with Crippen LogP contribution in [0.2, 0.25) is 0 Å². The van der Waals surface area contributed by atoms with Crippen molar-refractivity contribution in [1.82, 2.24) is 0 Å². The maximum atomic E-state index is 10.8. The van der Waals surface area contributed by atoms with E-state index in [0.717, 1.165) is 0 Å². The highest BCUT2D eigenvalue weighted by molar-refractivity contribution is 4.96. The molecule has 0 spiro atoms. The average Bonchev–Trinajstić information content (AvgIpc) is 2.83. The molecule has 3 rings (SSSR count). The van der Waals surface area contributed by atoms with E-state index >= 15 is 0 Å². The van der Waals surface area contributed by atoms with Crippen LogP contribution in [0.4, 0.5) is 0 Å². The summed E-state index contributed by atoms with van der Waals surface area (Å²) in [6, 6.07) is -1.34. The highest BCUT2D eigenvalue weighted by atomic mass is 16.7. The van der Waals surface area contributed by atoms with Gasteiger partial charge in [0.05, 0.1) is 25.9 Å². The van der Waals surface area contributed by atoms with Crippen LogP contribution >= 0.6 is 0 Å². The van der Waals surface area contributed by atoms with Crippen LogP contribution in [-0.4, -0.2) is 163 Å². The summed E-state index contributed by atoms with van der Waals surface area (Å²) in [6.45, 7) is -2.25. The van der Waals surface area contributed by atoms with Crippen LogP contribution in [0.3, 0.4) is 0 Å². The lowest BCUT2D eigenvalue weighted by Crippen LogP contribution is -2.67. The van der Waals surface area contributed by atoms with Gasteiger partial charge < -0.3 is 80.5 Å². The Morgan fingerprint density at radius 1 is 0.529 bits per heavy atom. The van der Waals surface area contributed by atoms with Gasteiger partial charge in [0.15, 0.2) is 18.9 Å². The second-order valence-electron chi connectivity index (χ2n) is 8.42. The van der Waals surface area contributed by atoms with Crippen molar-refractivity contribution in [2.45, 2.75) is 92.1 Å². The molecule has 0 aromatic carbocycles. The normalized spacial score (nSPS) is 52.5. The molecule has 15 atom stereocenters. The molecule has 3 fully saturated rings. The molecular weight excluding hydrogens is 470 g/mol. The van der Waals surface area contributed by atoms with Gasteiger partial charge in [0, 0.05) is 0 Å². The van der Waals surface area contributed by atoms with Crippen LogP contribution in [0.5, 0.6) is 0 Å². The largest absolute Gasteiger partial charge is 0.394 e. The molecule has 0 aromatic rings. The van der Waals surface area contributed by atoms with E-state index in [0.29, 0.717) is 0 Å². The molecular formula is C18H33NO15. The molecule has 16 heteroatoms. The molecule has 3 aliphatic rings. The van der Waals surface area contributed by atoms with Crippen LogP contribution < -0.4 is 5.73 Å². The lowest BCUT2D eigenvalue weighted by atomic mass is 9.95. The summed E-state index contributed by atoms with van der Waals surface area (Å²) in [7, 11) is 0. The fraction of sp³-hybridized carbons (Fsp3) is 1.00. The molecule has 0 saturated carbocycles. The first kappa shape index (κ1) is 27.9. The van der Waals surface area contributed by atoms with E-state index in [-0.39, 0.29) is 0 Å². The van der Waals surface area contributed by atoms with Crippen molar-refractivity contribution in [2.24, 2.45) is 5.73 Å². The van der Waals surface area contributed by atoms with E-state index in [1.807, 2.05) is 0 Å². The Labute approximate surface area is 193 Å². The van der Waals surface area contributed by atoms with Gasteiger partial charge in [-0.2, -0.15) is 0 Å². The van der Waals surface area contributed by atoms with Crippen molar-refractivity contribution in [3.63, 3.8) is 0 Å². The molecule has 0 aliphatic carbocycles. The maximum absolute atomic E-state index is 10.8. The summed E-state index contributed by atoms with van der Waals surface area (Å²) < 4.78 is 26.7. The number of nitrogens with two attached hydrogens (primary N) is 1. The summed E-state index contributed by atoms with van der Waals surface area (Å²) in [6.07, 6.45) is -22.7. The van der Waals surface area contributed by atoms with Gasteiger partial charge in [-0.05, 0) is 0 Å². The minimum atomic E-state index is -1.86. The van der Waals surface area contributed by atoms with Crippen molar-refractivity contribution in [3.8, 4) is 0 Å². The van der Waals surface area contributed by atoms with Crippen LogP contribution in [0.1, 0.15) is 0 Å². The summed E-state index contributed by atoms with van der Waals surface area (Å²) in [4.78, 5) is 0. The van der Waals surface area contributed by atoms with Gasteiger partial charge in [0.1, 0.15) is 67.1 Å². The molecule has 0 amide bonds. The van der Waals surface area contributed by atoms with Crippen molar-refractivity contribution < 1.29 is 74.7 Å². The SMILES string of the molecule is N[C@H]1C(O)O[C@H](CO)[C@@H](O[C@H]2O[C@H](CO)[C@@H](O)[C@H](O[C@H]3O[C@H](CO)[C@@H](O)[C@H](O)[C@@H]3O)[C@@H]2O)[C@@H]1O. The molecule has 3 aliphatic heterocycles. The van der Waals surface area contributed by atoms with Gasteiger partial charge in [-0.1, -0.05) is 0 Å². The molecule has 3 heterocycles. The molecule has 1 unspecified atom stereocenters. The quantitative estimate of drug-likeness (QED) is 0.154. The average molecular weight is 503 g/mol. The first-order chi connectivity index (χ1) is 16.0. The Balaban J connectivity index is 1.78. The van der Waals surface area contributed by atoms with Crippen molar-refractivity contribution >= 4 is 0 Å². The van der Waals surface area contributed by atoms with E-state index in [4.69, 9.17) is 29.4 Å². The minimum absolute atomic E-state index is 0.717. The van der Waals surface area contributed by atoms with Crippen LogP contribution in [0, 0.1) is 0 Å². The Kier molecular flexibility index (Phi) is 9.54. The van der Waals surface area contributed by atoms with Gasteiger partial charge in [0.25, 0.3) is 0 Å². The zero-order valence-corrected chi connectivity index (χ0v) is 17.9. The molecule has 0 radical (unpaired) electrons. The Bertz CT molecular complexity index is 642. The lowest BCUT2D eigenvalue weighted by molar-refractivity contribution is -0.374. The van der Waals surface area contributed by atoms with E-state index in [9.17, 15) is 51.1 Å². The van der Waals surface area contributed by atoms with Gasteiger partial charge in [0.2, 0.25) is 0 Å². The summed E-state index contributed by atoms with van der Waals surface area (Å²) >= 11 is 0. The second-order valence-corrected chi connectivity index (χ2v) is 8.42. The fourth-order valence-electron chi connectivity index (χ4n) is 4.09. The second kappa shape index (κ2) is 11.6. The highest BCUT2D eigenvalue weighted by Crippen LogP contribution is 2.32. The van der Waals surface area contributed by atoms with E-state index in [1.54, 1.807) is 0 Å². The van der Waals surface area contributed by atoms with E-state index in [1.165, 1.54) is 0 Å². The monoisotopic (exact) mass is 503 g/mol.